The molecule has 10 nitrogen and oxygen atoms in total. The quantitative estimate of drug-likeness (QED) is 0.228. The Hall–Kier alpha value is -4.60. The highest BCUT2D eigenvalue weighted by Crippen LogP contribution is 2.39. The Morgan fingerprint density at radius 3 is 2.37 bits per heavy atom. The second kappa shape index (κ2) is 11.6. The first-order chi connectivity index (χ1) is 18.4. The molecule has 0 aromatic heterocycles. The van der Waals surface area contributed by atoms with E-state index in [-0.39, 0.29) is 30.4 Å². The van der Waals surface area contributed by atoms with Crippen molar-refractivity contribution < 1.29 is 33.5 Å². The molecule has 1 aliphatic rings. The number of amides is 1. The van der Waals surface area contributed by atoms with E-state index in [0.29, 0.717) is 35.8 Å². The highest BCUT2D eigenvalue weighted by atomic mass is 16.6. The van der Waals surface area contributed by atoms with Gasteiger partial charge in [-0.1, -0.05) is 6.07 Å². The van der Waals surface area contributed by atoms with Crippen LogP contribution in [0.15, 0.2) is 60.7 Å². The number of fused-ring (bicyclic) bond motifs is 1. The Morgan fingerprint density at radius 1 is 1.00 bits per heavy atom. The van der Waals surface area contributed by atoms with E-state index in [4.69, 9.17) is 18.9 Å². The van der Waals surface area contributed by atoms with Gasteiger partial charge in [0.2, 0.25) is 0 Å². The summed E-state index contributed by atoms with van der Waals surface area (Å²) < 4.78 is 22.1. The number of hydrogen-bond acceptors (Lipinski definition) is 8. The van der Waals surface area contributed by atoms with E-state index >= 15 is 0 Å². The number of carbonyl (C=O) groups is 2. The zero-order valence-corrected chi connectivity index (χ0v) is 21.3. The molecule has 0 N–H and O–H groups in total. The van der Waals surface area contributed by atoms with Gasteiger partial charge in [0, 0.05) is 24.2 Å². The molecule has 38 heavy (non-hydrogen) atoms. The predicted molar refractivity (Wildman–Crippen MR) is 138 cm³/mol. The number of nitrogens with zero attached hydrogens (tertiary/aromatic N) is 2. The van der Waals surface area contributed by atoms with Crippen LogP contribution in [0, 0.1) is 10.1 Å². The lowest BCUT2D eigenvalue weighted by Crippen LogP contribution is -2.42. The molecule has 1 amide bonds. The Morgan fingerprint density at radius 2 is 1.71 bits per heavy atom. The van der Waals surface area contributed by atoms with Crippen LogP contribution in [0.2, 0.25) is 0 Å². The van der Waals surface area contributed by atoms with Crippen molar-refractivity contribution in [3.63, 3.8) is 0 Å². The zero-order chi connectivity index (χ0) is 27.2. The minimum absolute atomic E-state index is 0.0991. The molecule has 0 aliphatic carbocycles. The summed E-state index contributed by atoms with van der Waals surface area (Å²) in [6.07, 6.45) is 0.557. The van der Waals surface area contributed by atoms with E-state index in [9.17, 15) is 19.7 Å². The van der Waals surface area contributed by atoms with Crippen LogP contribution in [0.1, 0.15) is 44.8 Å². The smallest absolute Gasteiger partial charge is 0.338 e. The summed E-state index contributed by atoms with van der Waals surface area (Å²) in [6, 6.07) is 15.4. The number of ether oxygens (including phenoxy) is 4. The summed E-state index contributed by atoms with van der Waals surface area (Å²) in [5.74, 6) is 0.836. The standard InChI is InChI=1S/C28H28N2O8/c1-4-37-28(32)18-8-10-22(11-9-18)38-17-24-23-16-26(36-3)25(35-2)15-19(23)12-13-29(24)27(31)20-6-5-7-21(14-20)30(33)34/h5-11,14-16,24H,4,12-13,17H2,1-3H3/t24-/m0/s1. The number of rotatable bonds is 9. The van der Waals surface area contributed by atoms with Crippen LogP contribution < -0.4 is 14.2 Å². The highest BCUT2D eigenvalue weighted by molar-refractivity contribution is 5.95. The lowest BCUT2D eigenvalue weighted by atomic mass is 9.91. The number of hydrogen-bond donors (Lipinski definition) is 0. The normalized spacial score (nSPS) is 14.3. The van der Waals surface area contributed by atoms with E-state index < -0.39 is 16.9 Å². The van der Waals surface area contributed by atoms with Gasteiger partial charge < -0.3 is 23.8 Å². The third kappa shape index (κ3) is 5.54. The Bertz CT molecular complexity index is 1340. The second-order valence-electron chi connectivity index (χ2n) is 8.53. The van der Waals surface area contributed by atoms with E-state index in [1.807, 2.05) is 12.1 Å². The maximum atomic E-state index is 13.6. The van der Waals surface area contributed by atoms with Gasteiger partial charge in [-0.15, -0.1) is 0 Å². The fraction of sp³-hybridized carbons (Fsp3) is 0.286. The number of esters is 1. The molecular weight excluding hydrogens is 492 g/mol. The molecule has 10 heteroatoms. The van der Waals surface area contributed by atoms with Gasteiger partial charge in [0.25, 0.3) is 11.6 Å². The van der Waals surface area contributed by atoms with Crippen molar-refractivity contribution in [3.8, 4) is 17.2 Å². The summed E-state index contributed by atoms with van der Waals surface area (Å²) >= 11 is 0. The molecule has 1 aliphatic heterocycles. The van der Waals surface area contributed by atoms with Crippen LogP contribution in [0.3, 0.4) is 0 Å². The molecule has 0 radical (unpaired) electrons. The summed E-state index contributed by atoms with van der Waals surface area (Å²) in [5.41, 5.74) is 2.27. The molecule has 3 aromatic rings. The van der Waals surface area contributed by atoms with Crippen LogP contribution in [0.4, 0.5) is 5.69 Å². The third-order valence-electron chi connectivity index (χ3n) is 6.34. The van der Waals surface area contributed by atoms with Crippen molar-refractivity contribution in [1.29, 1.82) is 0 Å². The number of nitro benzene ring substituents is 1. The van der Waals surface area contributed by atoms with Crippen LogP contribution >= 0.6 is 0 Å². The molecule has 0 fully saturated rings. The van der Waals surface area contributed by atoms with Crippen LogP contribution in [0.5, 0.6) is 17.2 Å². The van der Waals surface area contributed by atoms with Crippen LogP contribution in [-0.2, 0) is 11.2 Å². The molecule has 1 atom stereocenters. The first-order valence-corrected chi connectivity index (χ1v) is 12.1. The van der Waals surface area contributed by atoms with Crippen molar-refractivity contribution in [2.45, 2.75) is 19.4 Å². The van der Waals surface area contributed by atoms with Crippen molar-refractivity contribution >= 4 is 17.6 Å². The van der Waals surface area contributed by atoms with Gasteiger partial charge in [-0.2, -0.15) is 0 Å². The molecule has 1 heterocycles. The third-order valence-corrected chi connectivity index (χ3v) is 6.34. The van der Waals surface area contributed by atoms with E-state index in [1.54, 1.807) is 49.3 Å². The molecule has 0 saturated heterocycles. The van der Waals surface area contributed by atoms with Crippen molar-refractivity contribution in [2.24, 2.45) is 0 Å². The molecular formula is C28H28N2O8. The molecule has 0 unspecified atom stereocenters. The molecule has 0 spiro atoms. The first-order valence-electron chi connectivity index (χ1n) is 12.1. The summed E-state index contributed by atoms with van der Waals surface area (Å²) in [4.78, 5) is 38.0. The number of non-ortho nitro benzene ring substituents is 1. The monoisotopic (exact) mass is 520 g/mol. The average Bonchev–Trinajstić information content (AvgIpc) is 2.95. The fourth-order valence-electron chi connectivity index (χ4n) is 4.45. The van der Waals surface area contributed by atoms with Gasteiger partial charge in [0.05, 0.1) is 37.4 Å². The van der Waals surface area contributed by atoms with Crippen LogP contribution in [0.25, 0.3) is 0 Å². The zero-order valence-electron chi connectivity index (χ0n) is 21.3. The molecule has 0 saturated carbocycles. The second-order valence-corrected chi connectivity index (χ2v) is 8.53. The molecule has 3 aromatic carbocycles. The predicted octanol–water partition coefficient (Wildman–Crippen LogP) is 4.61. The summed E-state index contributed by atoms with van der Waals surface area (Å²) in [5, 5.41) is 11.3. The van der Waals surface area contributed by atoms with Gasteiger partial charge in [0.1, 0.15) is 12.4 Å². The van der Waals surface area contributed by atoms with Gasteiger partial charge >= 0.3 is 5.97 Å². The minimum atomic E-state index is -0.528. The van der Waals surface area contributed by atoms with Gasteiger partial charge in [-0.3, -0.25) is 14.9 Å². The van der Waals surface area contributed by atoms with Gasteiger partial charge in [0.15, 0.2) is 11.5 Å². The molecule has 198 valence electrons. The lowest BCUT2D eigenvalue weighted by Gasteiger charge is -2.37. The molecule has 4 rings (SSSR count). The van der Waals surface area contributed by atoms with E-state index in [1.165, 1.54) is 25.3 Å². The lowest BCUT2D eigenvalue weighted by molar-refractivity contribution is -0.384. The van der Waals surface area contributed by atoms with Crippen molar-refractivity contribution in [1.82, 2.24) is 4.90 Å². The minimum Gasteiger partial charge on any atom is -0.493 e. The Labute approximate surface area is 219 Å². The number of nitro groups is 1. The number of carbonyl (C=O) groups excluding carboxylic acids is 2. The largest absolute Gasteiger partial charge is 0.493 e. The topological polar surface area (TPSA) is 117 Å². The van der Waals surface area contributed by atoms with E-state index in [2.05, 4.69) is 0 Å². The maximum Gasteiger partial charge on any atom is 0.338 e. The first kappa shape index (κ1) is 26.5. The number of benzene rings is 3. The Balaban J connectivity index is 1.66. The fourth-order valence-corrected chi connectivity index (χ4v) is 4.45. The van der Waals surface area contributed by atoms with E-state index in [0.717, 1.165) is 11.1 Å². The Kier molecular flexibility index (Phi) is 8.10. The summed E-state index contributed by atoms with van der Waals surface area (Å²) in [7, 11) is 3.10. The summed E-state index contributed by atoms with van der Waals surface area (Å²) in [6.45, 7) is 2.49. The maximum absolute atomic E-state index is 13.6. The number of methoxy groups -OCH3 is 2. The van der Waals surface area contributed by atoms with Crippen LogP contribution in [-0.4, -0.2) is 55.7 Å². The van der Waals surface area contributed by atoms with Gasteiger partial charge in [-0.05, 0) is 66.9 Å². The van der Waals surface area contributed by atoms with Gasteiger partial charge in [-0.25, -0.2) is 4.79 Å². The van der Waals surface area contributed by atoms with Crippen molar-refractivity contribution in [2.75, 3.05) is 34.0 Å². The SMILES string of the molecule is CCOC(=O)c1ccc(OC[C@H]2c3cc(OC)c(OC)cc3CCN2C(=O)c2cccc([N+](=O)[O-])c2)cc1. The highest BCUT2D eigenvalue weighted by Gasteiger charge is 2.34. The molecule has 0 bridgehead atoms. The van der Waals surface area contributed by atoms with Crippen molar-refractivity contribution in [3.05, 3.63) is 93.0 Å². The average molecular weight is 521 g/mol.